The number of hydrogen-bond donors (Lipinski definition) is 0. The third kappa shape index (κ3) is 6.25. The summed E-state index contributed by atoms with van der Waals surface area (Å²) in [6, 6.07) is 79.2. The van der Waals surface area contributed by atoms with Gasteiger partial charge in [-0.05, 0) is 112 Å². The second-order valence-electron chi connectivity index (χ2n) is 17.3. The first-order chi connectivity index (χ1) is 31.0. The van der Waals surface area contributed by atoms with Crippen molar-refractivity contribution in [1.82, 2.24) is 9.97 Å². The number of hydrogen-bond acceptors (Lipinski definition) is 2. The van der Waals surface area contributed by atoms with Crippen molar-refractivity contribution >= 4 is 32.3 Å². The minimum atomic E-state index is -0.0619. The summed E-state index contributed by atoms with van der Waals surface area (Å²) in [6.45, 7) is 4.67. The molecule has 2 nitrogen and oxygen atoms in total. The molecule has 0 saturated carbocycles. The summed E-state index contributed by atoms with van der Waals surface area (Å²) in [5.41, 5.74) is 17.4. The zero-order valence-electron chi connectivity index (χ0n) is 35.2. The van der Waals surface area contributed by atoms with Crippen LogP contribution in [0.2, 0.25) is 0 Å². The standard InChI is InChI=1S/C61H42N2/c1-61(2)55-22-11-10-21-51(55)52-33-32-46(37-56(52)61)45-17-12-18-48(35-45)58-38-57(62-60(63-58)44-14-4-3-5-15-44)42-27-23-39(24-28-42)40-25-29-43(30-26-40)59-50-20-9-7-16-47(50)36-54-49-19-8-6-13-41(49)31-34-53(54)59/h3-38H,1-2H3. The van der Waals surface area contributed by atoms with Crippen LogP contribution in [-0.4, -0.2) is 9.97 Å². The van der Waals surface area contributed by atoms with Crippen molar-refractivity contribution in [3.8, 4) is 78.4 Å². The molecule has 0 bridgehead atoms. The molecule has 296 valence electrons. The smallest absolute Gasteiger partial charge is 0.160 e. The highest BCUT2D eigenvalue weighted by atomic mass is 14.9. The zero-order valence-corrected chi connectivity index (χ0v) is 35.2. The summed E-state index contributed by atoms with van der Waals surface area (Å²) in [7, 11) is 0. The van der Waals surface area contributed by atoms with Crippen molar-refractivity contribution in [2.75, 3.05) is 0 Å². The first-order valence-electron chi connectivity index (χ1n) is 21.8. The van der Waals surface area contributed by atoms with Gasteiger partial charge in [-0.25, -0.2) is 9.97 Å². The normalized spacial score (nSPS) is 12.7. The van der Waals surface area contributed by atoms with Gasteiger partial charge in [0.25, 0.3) is 0 Å². The lowest BCUT2D eigenvalue weighted by atomic mass is 9.81. The third-order valence-electron chi connectivity index (χ3n) is 13.3. The maximum Gasteiger partial charge on any atom is 0.160 e. The predicted molar refractivity (Wildman–Crippen MR) is 265 cm³/mol. The van der Waals surface area contributed by atoms with Gasteiger partial charge in [-0.15, -0.1) is 0 Å². The van der Waals surface area contributed by atoms with Gasteiger partial charge in [0.05, 0.1) is 11.4 Å². The second kappa shape index (κ2) is 14.6. The lowest BCUT2D eigenvalue weighted by molar-refractivity contribution is 0.660. The topological polar surface area (TPSA) is 25.8 Å². The van der Waals surface area contributed by atoms with Gasteiger partial charge in [0.2, 0.25) is 0 Å². The number of benzene rings is 10. The molecule has 0 spiro atoms. The highest BCUT2D eigenvalue weighted by molar-refractivity contribution is 6.20. The second-order valence-corrected chi connectivity index (χ2v) is 17.3. The van der Waals surface area contributed by atoms with Gasteiger partial charge in [0.15, 0.2) is 5.82 Å². The van der Waals surface area contributed by atoms with Crippen molar-refractivity contribution in [2.45, 2.75) is 19.3 Å². The molecule has 0 fully saturated rings. The summed E-state index contributed by atoms with van der Waals surface area (Å²) in [5.74, 6) is 0.708. The summed E-state index contributed by atoms with van der Waals surface area (Å²) in [5, 5.41) is 7.62. The van der Waals surface area contributed by atoms with E-state index in [1.165, 1.54) is 82.4 Å². The van der Waals surface area contributed by atoms with Crippen molar-refractivity contribution in [3.63, 3.8) is 0 Å². The van der Waals surface area contributed by atoms with Crippen molar-refractivity contribution in [2.24, 2.45) is 0 Å². The maximum absolute atomic E-state index is 5.18. The van der Waals surface area contributed by atoms with Crippen LogP contribution >= 0.6 is 0 Å². The van der Waals surface area contributed by atoms with Crippen LogP contribution in [0.1, 0.15) is 25.0 Å². The Morgan fingerprint density at radius 3 is 1.67 bits per heavy atom. The number of fused-ring (bicyclic) bond motifs is 7. The van der Waals surface area contributed by atoms with Crippen LogP contribution in [0.25, 0.3) is 111 Å². The van der Waals surface area contributed by atoms with Gasteiger partial charge in [0, 0.05) is 22.1 Å². The van der Waals surface area contributed by atoms with Crippen LogP contribution in [0.4, 0.5) is 0 Å². The van der Waals surface area contributed by atoms with Crippen molar-refractivity contribution in [1.29, 1.82) is 0 Å². The van der Waals surface area contributed by atoms with E-state index in [4.69, 9.17) is 9.97 Å². The van der Waals surface area contributed by atoms with E-state index in [0.29, 0.717) is 5.82 Å². The van der Waals surface area contributed by atoms with E-state index in [1.807, 2.05) is 18.2 Å². The summed E-state index contributed by atoms with van der Waals surface area (Å²) >= 11 is 0. The third-order valence-corrected chi connectivity index (χ3v) is 13.3. The number of aromatic nitrogens is 2. The van der Waals surface area contributed by atoms with Gasteiger partial charge in [-0.2, -0.15) is 0 Å². The molecule has 0 radical (unpaired) electrons. The van der Waals surface area contributed by atoms with E-state index in [2.05, 4.69) is 214 Å². The number of nitrogens with zero attached hydrogens (tertiary/aromatic N) is 2. The van der Waals surface area contributed by atoms with E-state index in [9.17, 15) is 0 Å². The molecule has 1 heterocycles. The van der Waals surface area contributed by atoms with Crippen molar-refractivity contribution < 1.29 is 0 Å². The Hall–Kier alpha value is -7.94. The van der Waals surface area contributed by atoms with E-state index in [-0.39, 0.29) is 5.41 Å². The molecule has 11 aromatic rings. The van der Waals surface area contributed by atoms with Crippen LogP contribution < -0.4 is 0 Å². The monoisotopic (exact) mass is 802 g/mol. The Morgan fingerprint density at radius 2 is 0.873 bits per heavy atom. The maximum atomic E-state index is 5.18. The molecule has 2 heteroatoms. The molecular formula is C61H42N2. The molecule has 0 atom stereocenters. The largest absolute Gasteiger partial charge is 0.228 e. The number of rotatable bonds is 6. The molecule has 0 aliphatic heterocycles. The minimum Gasteiger partial charge on any atom is -0.228 e. The van der Waals surface area contributed by atoms with E-state index in [0.717, 1.165) is 33.6 Å². The van der Waals surface area contributed by atoms with Crippen LogP contribution in [0, 0.1) is 0 Å². The fourth-order valence-corrected chi connectivity index (χ4v) is 10.00. The van der Waals surface area contributed by atoms with Gasteiger partial charge < -0.3 is 0 Å². The zero-order chi connectivity index (χ0) is 42.1. The average Bonchev–Trinajstić information content (AvgIpc) is 3.58. The Labute approximate surface area is 367 Å². The molecule has 0 saturated heterocycles. The predicted octanol–water partition coefficient (Wildman–Crippen LogP) is 16.2. The highest BCUT2D eigenvalue weighted by Gasteiger charge is 2.35. The van der Waals surface area contributed by atoms with Gasteiger partial charge in [-0.3, -0.25) is 0 Å². The van der Waals surface area contributed by atoms with E-state index in [1.54, 1.807) is 0 Å². The first kappa shape index (κ1) is 36.9. The average molecular weight is 803 g/mol. The van der Waals surface area contributed by atoms with Crippen molar-refractivity contribution in [3.05, 3.63) is 230 Å². The Bertz CT molecular complexity index is 3560. The van der Waals surface area contributed by atoms with Gasteiger partial charge >= 0.3 is 0 Å². The van der Waals surface area contributed by atoms with Crippen LogP contribution in [0.3, 0.4) is 0 Å². The molecule has 0 unspecified atom stereocenters. The fraction of sp³-hybridized carbons (Fsp3) is 0.0492. The molecule has 1 aliphatic carbocycles. The van der Waals surface area contributed by atoms with Gasteiger partial charge in [-0.1, -0.05) is 208 Å². The minimum absolute atomic E-state index is 0.0619. The van der Waals surface area contributed by atoms with Crippen LogP contribution in [0.5, 0.6) is 0 Å². The molecule has 0 amide bonds. The summed E-state index contributed by atoms with van der Waals surface area (Å²) in [6.07, 6.45) is 0. The molecule has 12 rings (SSSR count). The summed E-state index contributed by atoms with van der Waals surface area (Å²) < 4.78 is 0. The molecule has 0 N–H and O–H groups in total. The fourth-order valence-electron chi connectivity index (χ4n) is 10.00. The quantitative estimate of drug-likeness (QED) is 0.124. The van der Waals surface area contributed by atoms with Crippen LogP contribution in [0.15, 0.2) is 218 Å². The lowest BCUT2D eigenvalue weighted by Gasteiger charge is -2.22. The Morgan fingerprint density at radius 1 is 0.302 bits per heavy atom. The Balaban J connectivity index is 0.889. The van der Waals surface area contributed by atoms with Gasteiger partial charge in [0.1, 0.15) is 0 Å². The highest BCUT2D eigenvalue weighted by Crippen LogP contribution is 2.49. The molecule has 10 aromatic carbocycles. The van der Waals surface area contributed by atoms with E-state index < -0.39 is 0 Å². The molecular weight excluding hydrogens is 761 g/mol. The first-order valence-corrected chi connectivity index (χ1v) is 21.8. The molecule has 1 aromatic heterocycles. The Kier molecular flexibility index (Phi) is 8.55. The van der Waals surface area contributed by atoms with Crippen LogP contribution in [-0.2, 0) is 5.41 Å². The summed E-state index contributed by atoms with van der Waals surface area (Å²) in [4.78, 5) is 10.3. The lowest BCUT2D eigenvalue weighted by Crippen LogP contribution is -2.14. The molecule has 63 heavy (non-hydrogen) atoms. The van der Waals surface area contributed by atoms with E-state index >= 15 is 0 Å². The SMILES string of the molecule is CC1(C)c2ccccc2-c2ccc(-c3cccc(-c4cc(-c5ccc(-c6ccc(-c7c8ccccc8cc8c7ccc7ccccc78)cc6)cc5)nc(-c5ccccc5)n4)c3)cc21. The molecule has 1 aliphatic rings.